The molecular formula is C11H15N5O. The van der Waals surface area contributed by atoms with Crippen LogP contribution in [0.3, 0.4) is 0 Å². The molecule has 0 spiro atoms. The summed E-state index contributed by atoms with van der Waals surface area (Å²) in [6.45, 7) is 4.80. The lowest BCUT2D eigenvalue weighted by Crippen LogP contribution is -2.01. The van der Waals surface area contributed by atoms with Crippen LogP contribution < -0.4 is 10.5 Å². The van der Waals surface area contributed by atoms with Gasteiger partial charge in [0.25, 0.3) is 0 Å². The van der Waals surface area contributed by atoms with Crippen LogP contribution in [0.2, 0.25) is 0 Å². The number of hydrogen-bond acceptors (Lipinski definition) is 5. The topological polar surface area (TPSA) is 78.8 Å². The van der Waals surface area contributed by atoms with Crippen molar-refractivity contribution in [2.45, 2.75) is 26.8 Å². The minimum atomic E-state index is 0.459. The Balaban J connectivity index is 2.26. The molecule has 0 unspecified atom stereocenters. The fraction of sp³-hybridized carbons (Fsp3) is 0.364. The molecule has 6 nitrogen and oxygen atoms in total. The van der Waals surface area contributed by atoms with Crippen molar-refractivity contribution in [2.75, 3.05) is 5.73 Å². The molecule has 90 valence electrons. The standard InChI is InChI=1S/C11H15N5O/c1-3-9-10(12)13-7-14-11(9)17-8-5-15-16(4-2)6-8/h5-7H,3-4H2,1-2H3,(H2,12,13,14). The Morgan fingerprint density at radius 2 is 2.18 bits per heavy atom. The number of nitrogens with zero attached hydrogens (tertiary/aromatic N) is 4. The van der Waals surface area contributed by atoms with E-state index in [0.717, 1.165) is 18.5 Å². The second kappa shape index (κ2) is 4.82. The quantitative estimate of drug-likeness (QED) is 0.868. The zero-order chi connectivity index (χ0) is 12.3. The molecule has 2 rings (SSSR count). The Morgan fingerprint density at radius 3 is 2.82 bits per heavy atom. The maximum absolute atomic E-state index is 5.76. The Hall–Kier alpha value is -2.11. The Bertz CT molecular complexity index is 508. The van der Waals surface area contributed by atoms with E-state index in [1.54, 1.807) is 10.9 Å². The molecule has 2 heterocycles. The summed E-state index contributed by atoms with van der Waals surface area (Å²) in [7, 11) is 0. The Labute approximate surface area is 99.4 Å². The highest BCUT2D eigenvalue weighted by Gasteiger charge is 2.10. The highest BCUT2D eigenvalue weighted by atomic mass is 16.5. The van der Waals surface area contributed by atoms with Crippen LogP contribution in [-0.4, -0.2) is 19.7 Å². The smallest absolute Gasteiger partial charge is 0.227 e. The summed E-state index contributed by atoms with van der Waals surface area (Å²) in [5.41, 5.74) is 6.58. The second-order valence-corrected chi connectivity index (χ2v) is 3.53. The summed E-state index contributed by atoms with van der Waals surface area (Å²) in [4.78, 5) is 8.03. The highest BCUT2D eigenvalue weighted by Crippen LogP contribution is 2.25. The largest absolute Gasteiger partial charge is 0.435 e. The van der Waals surface area contributed by atoms with Gasteiger partial charge in [-0.15, -0.1) is 0 Å². The molecule has 0 aliphatic carbocycles. The number of anilines is 1. The molecule has 17 heavy (non-hydrogen) atoms. The van der Waals surface area contributed by atoms with Crippen LogP contribution in [0.25, 0.3) is 0 Å². The first-order valence-corrected chi connectivity index (χ1v) is 5.54. The van der Waals surface area contributed by atoms with Crippen LogP contribution in [0.5, 0.6) is 11.6 Å². The van der Waals surface area contributed by atoms with E-state index in [-0.39, 0.29) is 0 Å². The lowest BCUT2D eigenvalue weighted by Gasteiger charge is -2.07. The van der Waals surface area contributed by atoms with Crippen molar-refractivity contribution in [1.82, 2.24) is 19.7 Å². The maximum Gasteiger partial charge on any atom is 0.227 e. The van der Waals surface area contributed by atoms with E-state index in [0.29, 0.717) is 17.4 Å². The molecule has 2 aromatic rings. The lowest BCUT2D eigenvalue weighted by molar-refractivity contribution is 0.454. The van der Waals surface area contributed by atoms with Crippen molar-refractivity contribution < 1.29 is 4.74 Å². The van der Waals surface area contributed by atoms with Gasteiger partial charge in [0, 0.05) is 6.54 Å². The first kappa shape index (κ1) is 11.4. The zero-order valence-corrected chi connectivity index (χ0v) is 9.92. The van der Waals surface area contributed by atoms with Crippen molar-refractivity contribution in [3.63, 3.8) is 0 Å². The van der Waals surface area contributed by atoms with Crippen molar-refractivity contribution in [1.29, 1.82) is 0 Å². The summed E-state index contributed by atoms with van der Waals surface area (Å²) in [6, 6.07) is 0. The van der Waals surface area contributed by atoms with Gasteiger partial charge in [-0.25, -0.2) is 9.97 Å². The molecule has 6 heteroatoms. The zero-order valence-electron chi connectivity index (χ0n) is 9.92. The Kier molecular flexibility index (Phi) is 3.22. The normalized spacial score (nSPS) is 10.5. The van der Waals surface area contributed by atoms with Crippen LogP contribution in [-0.2, 0) is 13.0 Å². The number of nitrogens with two attached hydrogens (primary N) is 1. The van der Waals surface area contributed by atoms with E-state index < -0.39 is 0 Å². The molecule has 0 aliphatic rings. The van der Waals surface area contributed by atoms with Gasteiger partial charge in [-0.1, -0.05) is 6.92 Å². The molecule has 0 fully saturated rings. The van der Waals surface area contributed by atoms with Gasteiger partial charge < -0.3 is 10.5 Å². The van der Waals surface area contributed by atoms with E-state index in [9.17, 15) is 0 Å². The summed E-state index contributed by atoms with van der Waals surface area (Å²) in [6.07, 6.45) is 5.59. The molecule has 0 aliphatic heterocycles. The van der Waals surface area contributed by atoms with Crippen LogP contribution in [0.4, 0.5) is 5.82 Å². The van der Waals surface area contributed by atoms with Crippen molar-refractivity contribution in [3.05, 3.63) is 24.3 Å². The molecule has 0 aromatic carbocycles. The summed E-state index contributed by atoms with van der Waals surface area (Å²) >= 11 is 0. The van der Waals surface area contributed by atoms with Gasteiger partial charge >= 0.3 is 0 Å². The first-order valence-electron chi connectivity index (χ1n) is 5.54. The molecule has 0 atom stereocenters. The second-order valence-electron chi connectivity index (χ2n) is 3.53. The monoisotopic (exact) mass is 233 g/mol. The van der Waals surface area contributed by atoms with Crippen molar-refractivity contribution >= 4 is 5.82 Å². The van der Waals surface area contributed by atoms with E-state index in [1.807, 2.05) is 20.0 Å². The third kappa shape index (κ3) is 2.35. The van der Waals surface area contributed by atoms with Crippen LogP contribution in [0, 0.1) is 0 Å². The molecule has 0 radical (unpaired) electrons. The molecule has 0 saturated carbocycles. The van der Waals surface area contributed by atoms with Gasteiger partial charge in [-0.05, 0) is 13.3 Å². The molecule has 0 bridgehead atoms. The average Bonchev–Trinajstić information content (AvgIpc) is 2.77. The number of aryl methyl sites for hydroxylation is 1. The van der Waals surface area contributed by atoms with E-state index in [4.69, 9.17) is 10.5 Å². The van der Waals surface area contributed by atoms with Gasteiger partial charge in [0.15, 0.2) is 5.75 Å². The number of ether oxygens (including phenoxy) is 1. The molecule has 2 N–H and O–H groups in total. The SMILES string of the molecule is CCc1c(N)ncnc1Oc1cnn(CC)c1. The fourth-order valence-corrected chi connectivity index (χ4v) is 1.51. The summed E-state index contributed by atoms with van der Waals surface area (Å²) in [5, 5.41) is 4.13. The Morgan fingerprint density at radius 1 is 1.35 bits per heavy atom. The summed E-state index contributed by atoms with van der Waals surface area (Å²) < 4.78 is 7.43. The number of nitrogen functional groups attached to an aromatic ring is 1. The predicted octanol–water partition coefficient (Wildman–Crippen LogP) is 1.63. The third-order valence-corrected chi connectivity index (χ3v) is 2.44. The fourth-order valence-electron chi connectivity index (χ4n) is 1.51. The van der Waals surface area contributed by atoms with E-state index in [1.165, 1.54) is 6.33 Å². The average molecular weight is 233 g/mol. The predicted molar refractivity (Wildman–Crippen MR) is 63.8 cm³/mol. The van der Waals surface area contributed by atoms with Gasteiger partial charge in [-0.3, -0.25) is 4.68 Å². The van der Waals surface area contributed by atoms with Gasteiger partial charge in [0.05, 0.1) is 18.0 Å². The molecule has 0 saturated heterocycles. The van der Waals surface area contributed by atoms with Gasteiger partial charge in [0.2, 0.25) is 5.88 Å². The van der Waals surface area contributed by atoms with Crippen LogP contribution in [0.15, 0.2) is 18.7 Å². The highest BCUT2D eigenvalue weighted by molar-refractivity contribution is 5.45. The molecule has 0 amide bonds. The molecule has 2 aromatic heterocycles. The number of rotatable bonds is 4. The van der Waals surface area contributed by atoms with Gasteiger partial charge in [-0.2, -0.15) is 5.10 Å². The van der Waals surface area contributed by atoms with Crippen molar-refractivity contribution in [3.8, 4) is 11.6 Å². The first-order chi connectivity index (χ1) is 8.24. The van der Waals surface area contributed by atoms with Crippen LogP contribution in [0.1, 0.15) is 19.4 Å². The number of hydrogen-bond donors (Lipinski definition) is 1. The van der Waals surface area contributed by atoms with Crippen molar-refractivity contribution in [2.24, 2.45) is 0 Å². The summed E-state index contributed by atoms with van der Waals surface area (Å²) in [5.74, 6) is 1.61. The number of aromatic nitrogens is 4. The van der Waals surface area contributed by atoms with Gasteiger partial charge in [0.1, 0.15) is 12.1 Å². The molecular weight excluding hydrogens is 218 g/mol. The lowest BCUT2D eigenvalue weighted by atomic mass is 10.2. The minimum Gasteiger partial charge on any atom is -0.435 e. The van der Waals surface area contributed by atoms with E-state index in [2.05, 4.69) is 15.1 Å². The van der Waals surface area contributed by atoms with Crippen LogP contribution >= 0.6 is 0 Å². The maximum atomic E-state index is 5.76. The minimum absolute atomic E-state index is 0.459. The van der Waals surface area contributed by atoms with E-state index >= 15 is 0 Å². The third-order valence-electron chi connectivity index (χ3n) is 2.44.